The lowest BCUT2D eigenvalue weighted by molar-refractivity contribution is -0.0755. The summed E-state index contributed by atoms with van der Waals surface area (Å²) >= 11 is 0. The van der Waals surface area contributed by atoms with Crippen LogP contribution < -0.4 is 5.32 Å². The van der Waals surface area contributed by atoms with Crippen LogP contribution in [0.1, 0.15) is 19.5 Å². The summed E-state index contributed by atoms with van der Waals surface area (Å²) in [6.45, 7) is 5.77. The summed E-state index contributed by atoms with van der Waals surface area (Å²) < 4.78 is 5.84. The first-order chi connectivity index (χ1) is 6.71. The van der Waals surface area contributed by atoms with Crippen LogP contribution in [0.3, 0.4) is 0 Å². The third-order valence-corrected chi connectivity index (χ3v) is 2.65. The van der Waals surface area contributed by atoms with Crippen molar-refractivity contribution in [3.05, 3.63) is 30.1 Å². The summed E-state index contributed by atoms with van der Waals surface area (Å²) in [7, 11) is 0. The number of ether oxygens (including phenoxy) is 1. The molecule has 2 rings (SSSR count). The van der Waals surface area contributed by atoms with E-state index in [9.17, 15) is 0 Å². The summed E-state index contributed by atoms with van der Waals surface area (Å²) in [6, 6.07) is 6.37. The van der Waals surface area contributed by atoms with E-state index in [-0.39, 0.29) is 5.60 Å². The average Bonchev–Trinajstić information content (AvgIpc) is 2.24. The summed E-state index contributed by atoms with van der Waals surface area (Å²) in [4.78, 5) is 4.33. The normalized spacial score (nSPS) is 32.9. The van der Waals surface area contributed by atoms with Crippen LogP contribution >= 0.6 is 0 Å². The molecule has 0 amide bonds. The molecule has 0 bridgehead atoms. The average molecular weight is 192 g/mol. The predicted octanol–water partition coefficient (Wildman–Crippen LogP) is 1.31. The minimum absolute atomic E-state index is 0.270. The fraction of sp³-hybridized carbons (Fsp3) is 0.545. The first kappa shape index (κ1) is 9.62. The summed E-state index contributed by atoms with van der Waals surface area (Å²) in [5, 5.41) is 3.41. The molecule has 1 aliphatic rings. The number of nitrogens with one attached hydrogen (secondary N) is 1. The first-order valence-corrected chi connectivity index (χ1v) is 4.99. The third-order valence-electron chi connectivity index (χ3n) is 2.65. The van der Waals surface area contributed by atoms with Gasteiger partial charge in [0.05, 0.1) is 12.3 Å². The van der Waals surface area contributed by atoms with Crippen molar-refractivity contribution in [3.8, 4) is 0 Å². The van der Waals surface area contributed by atoms with Crippen LogP contribution in [0.4, 0.5) is 0 Å². The van der Waals surface area contributed by atoms with Crippen molar-refractivity contribution < 1.29 is 4.74 Å². The Kier molecular flexibility index (Phi) is 2.52. The van der Waals surface area contributed by atoms with E-state index in [0.29, 0.717) is 6.04 Å². The molecule has 0 radical (unpaired) electrons. The number of nitrogens with zero attached hydrogens (tertiary/aromatic N) is 1. The standard InChI is InChI=1S/C11H16N2O/c1-9-7-14-11(2,8-13-9)10-5-3-4-6-12-10/h3-6,9,13H,7-8H2,1-2H3. The minimum Gasteiger partial charge on any atom is -0.366 e. The number of morpholine rings is 1. The van der Waals surface area contributed by atoms with Gasteiger partial charge in [-0.15, -0.1) is 0 Å². The zero-order valence-corrected chi connectivity index (χ0v) is 8.66. The number of pyridine rings is 1. The lowest BCUT2D eigenvalue weighted by Crippen LogP contribution is -2.50. The quantitative estimate of drug-likeness (QED) is 0.728. The predicted molar refractivity (Wildman–Crippen MR) is 55.0 cm³/mol. The zero-order chi connectivity index (χ0) is 10.0. The van der Waals surface area contributed by atoms with E-state index in [1.165, 1.54) is 0 Å². The molecule has 1 aromatic rings. The molecule has 2 heterocycles. The van der Waals surface area contributed by atoms with Crippen LogP contribution in [0.15, 0.2) is 24.4 Å². The summed E-state index contributed by atoms with van der Waals surface area (Å²) in [6.07, 6.45) is 1.81. The van der Waals surface area contributed by atoms with E-state index in [2.05, 4.69) is 24.1 Å². The molecule has 1 N–H and O–H groups in total. The van der Waals surface area contributed by atoms with Gasteiger partial charge in [0.15, 0.2) is 0 Å². The smallest absolute Gasteiger partial charge is 0.120 e. The highest BCUT2D eigenvalue weighted by molar-refractivity contribution is 5.13. The van der Waals surface area contributed by atoms with E-state index >= 15 is 0 Å². The molecule has 2 unspecified atom stereocenters. The zero-order valence-electron chi connectivity index (χ0n) is 8.66. The van der Waals surface area contributed by atoms with Gasteiger partial charge in [0.1, 0.15) is 5.60 Å². The highest BCUT2D eigenvalue weighted by atomic mass is 16.5. The van der Waals surface area contributed by atoms with Gasteiger partial charge in [-0.2, -0.15) is 0 Å². The molecule has 1 saturated heterocycles. The summed E-state index contributed by atoms with van der Waals surface area (Å²) in [5.74, 6) is 0. The van der Waals surface area contributed by atoms with E-state index in [4.69, 9.17) is 4.74 Å². The Balaban J connectivity index is 2.17. The molecule has 1 aliphatic heterocycles. The number of hydrogen-bond acceptors (Lipinski definition) is 3. The highest BCUT2D eigenvalue weighted by Gasteiger charge is 2.33. The molecule has 0 aliphatic carbocycles. The number of aromatic nitrogens is 1. The largest absolute Gasteiger partial charge is 0.366 e. The van der Waals surface area contributed by atoms with Crippen LogP contribution in [-0.4, -0.2) is 24.2 Å². The van der Waals surface area contributed by atoms with Crippen LogP contribution in [0.25, 0.3) is 0 Å². The van der Waals surface area contributed by atoms with E-state index in [1.54, 1.807) is 0 Å². The Hall–Kier alpha value is -0.930. The Bertz CT molecular complexity index is 291. The number of rotatable bonds is 1. The van der Waals surface area contributed by atoms with Crippen LogP contribution in [-0.2, 0) is 10.3 Å². The summed E-state index contributed by atoms with van der Waals surface area (Å²) in [5.41, 5.74) is 0.729. The Morgan fingerprint density at radius 2 is 2.43 bits per heavy atom. The number of hydrogen-bond donors (Lipinski definition) is 1. The van der Waals surface area contributed by atoms with Gasteiger partial charge in [0, 0.05) is 18.8 Å². The molecule has 14 heavy (non-hydrogen) atoms. The van der Waals surface area contributed by atoms with Crippen molar-refractivity contribution in [1.29, 1.82) is 0 Å². The molecule has 3 heteroatoms. The van der Waals surface area contributed by atoms with Crippen molar-refractivity contribution in [2.24, 2.45) is 0 Å². The fourth-order valence-electron chi connectivity index (χ4n) is 1.63. The van der Waals surface area contributed by atoms with Crippen molar-refractivity contribution in [2.45, 2.75) is 25.5 Å². The first-order valence-electron chi connectivity index (χ1n) is 4.99. The third kappa shape index (κ3) is 1.79. The SMILES string of the molecule is CC1COC(C)(c2ccccn2)CN1. The monoisotopic (exact) mass is 192 g/mol. The Morgan fingerprint density at radius 3 is 3.00 bits per heavy atom. The van der Waals surface area contributed by atoms with Gasteiger partial charge in [-0.1, -0.05) is 6.07 Å². The van der Waals surface area contributed by atoms with Gasteiger partial charge >= 0.3 is 0 Å². The van der Waals surface area contributed by atoms with Crippen LogP contribution in [0.2, 0.25) is 0 Å². The van der Waals surface area contributed by atoms with Gasteiger partial charge < -0.3 is 10.1 Å². The van der Waals surface area contributed by atoms with Gasteiger partial charge in [-0.25, -0.2) is 0 Å². The highest BCUT2D eigenvalue weighted by Crippen LogP contribution is 2.25. The molecule has 76 valence electrons. The van der Waals surface area contributed by atoms with Crippen molar-refractivity contribution in [1.82, 2.24) is 10.3 Å². The Labute approximate surface area is 84.5 Å². The van der Waals surface area contributed by atoms with Crippen LogP contribution in [0, 0.1) is 0 Å². The van der Waals surface area contributed by atoms with E-state index in [0.717, 1.165) is 18.8 Å². The second-order valence-electron chi connectivity index (χ2n) is 4.04. The van der Waals surface area contributed by atoms with Crippen molar-refractivity contribution >= 4 is 0 Å². The molecule has 0 aromatic carbocycles. The Morgan fingerprint density at radius 1 is 1.57 bits per heavy atom. The molecule has 3 nitrogen and oxygen atoms in total. The second kappa shape index (κ2) is 3.67. The molecular formula is C11H16N2O. The van der Waals surface area contributed by atoms with E-state index < -0.39 is 0 Å². The lowest BCUT2D eigenvalue weighted by Gasteiger charge is -2.36. The molecule has 0 saturated carbocycles. The minimum atomic E-state index is -0.270. The van der Waals surface area contributed by atoms with E-state index in [1.807, 2.05) is 24.4 Å². The lowest BCUT2D eigenvalue weighted by atomic mass is 9.99. The maximum absolute atomic E-state index is 5.84. The fourth-order valence-corrected chi connectivity index (χ4v) is 1.63. The maximum Gasteiger partial charge on any atom is 0.120 e. The molecule has 0 spiro atoms. The van der Waals surface area contributed by atoms with Gasteiger partial charge in [0.25, 0.3) is 0 Å². The van der Waals surface area contributed by atoms with Crippen molar-refractivity contribution in [2.75, 3.05) is 13.2 Å². The molecule has 1 aromatic heterocycles. The van der Waals surface area contributed by atoms with Gasteiger partial charge in [-0.05, 0) is 26.0 Å². The maximum atomic E-state index is 5.84. The topological polar surface area (TPSA) is 34.1 Å². The van der Waals surface area contributed by atoms with Gasteiger partial charge in [0.2, 0.25) is 0 Å². The molecular weight excluding hydrogens is 176 g/mol. The van der Waals surface area contributed by atoms with Crippen LogP contribution in [0.5, 0.6) is 0 Å². The van der Waals surface area contributed by atoms with Crippen molar-refractivity contribution in [3.63, 3.8) is 0 Å². The molecule has 2 atom stereocenters. The molecule has 1 fully saturated rings. The van der Waals surface area contributed by atoms with Gasteiger partial charge in [-0.3, -0.25) is 4.98 Å². The second-order valence-corrected chi connectivity index (χ2v) is 4.04.